The van der Waals surface area contributed by atoms with Crippen LogP contribution >= 0.6 is 39.3 Å². The highest BCUT2D eigenvalue weighted by Gasteiger charge is 2.08. The Labute approximate surface area is 139 Å². The second-order valence-corrected chi connectivity index (χ2v) is 6.52. The van der Waals surface area contributed by atoms with E-state index in [1.54, 1.807) is 24.3 Å². The summed E-state index contributed by atoms with van der Waals surface area (Å²) in [6.45, 7) is 0. The van der Waals surface area contributed by atoms with Crippen LogP contribution in [0.15, 0.2) is 45.8 Å². The molecule has 0 radical (unpaired) electrons. The summed E-state index contributed by atoms with van der Waals surface area (Å²) >= 11 is 10.5. The Hall–Kier alpha value is -1.24. The molecular formula is C14H11BrClFN2OS. The minimum atomic E-state index is -0.489. The number of carbonyl (C=O) groups excluding carboxylic acids is 1. The fourth-order valence-electron chi connectivity index (χ4n) is 1.52. The highest BCUT2D eigenvalue weighted by atomic mass is 79.9. The van der Waals surface area contributed by atoms with E-state index < -0.39 is 5.82 Å². The Kier molecular flexibility index (Phi) is 5.50. The number of nitrogen functional groups attached to an aromatic ring is 1. The van der Waals surface area contributed by atoms with Gasteiger partial charge >= 0.3 is 0 Å². The van der Waals surface area contributed by atoms with Gasteiger partial charge in [-0.15, -0.1) is 11.8 Å². The predicted molar refractivity (Wildman–Crippen MR) is 89.3 cm³/mol. The maximum absolute atomic E-state index is 13.3. The van der Waals surface area contributed by atoms with Crippen LogP contribution in [0, 0.1) is 5.82 Å². The lowest BCUT2D eigenvalue weighted by Crippen LogP contribution is -2.14. The summed E-state index contributed by atoms with van der Waals surface area (Å²) < 4.78 is 14.1. The van der Waals surface area contributed by atoms with E-state index >= 15 is 0 Å². The number of carbonyl (C=O) groups is 1. The highest BCUT2D eigenvalue weighted by Crippen LogP contribution is 2.26. The molecule has 0 aliphatic heterocycles. The van der Waals surface area contributed by atoms with Crippen LogP contribution in [0.3, 0.4) is 0 Å². The standard InChI is InChI=1S/C14H11BrClFN2OS/c15-8-1-4-13(10(16)5-8)19-14(20)7-21-9-2-3-12(18)11(17)6-9/h1-6H,7,18H2,(H,19,20). The van der Waals surface area contributed by atoms with E-state index in [4.69, 9.17) is 17.3 Å². The van der Waals surface area contributed by atoms with E-state index in [1.165, 1.54) is 23.9 Å². The Morgan fingerprint density at radius 1 is 1.33 bits per heavy atom. The van der Waals surface area contributed by atoms with Crippen molar-refractivity contribution in [2.45, 2.75) is 4.90 Å². The van der Waals surface area contributed by atoms with Gasteiger partial charge in [0.05, 0.1) is 22.2 Å². The molecule has 2 aromatic carbocycles. The molecule has 110 valence electrons. The van der Waals surface area contributed by atoms with Gasteiger partial charge in [-0.1, -0.05) is 27.5 Å². The molecule has 7 heteroatoms. The molecule has 0 aromatic heterocycles. The summed E-state index contributed by atoms with van der Waals surface area (Å²) in [6.07, 6.45) is 0. The number of nitrogens with two attached hydrogens (primary N) is 1. The van der Waals surface area contributed by atoms with Gasteiger partial charge in [-0.05, 0) is 36.4 Å². The van der Waals surface area contributed by atoms with Crippen LogP contribution in [0.2, 0.25) is 5.02 Å². The summed E-state index contributed by atoms with van der Waals surface area (Å²) in [5.41, 5.74) is 6.02. The van der Waals surface area contributed by atoms with Crippen LogP contribution in [0.1, 0.15) is 0 Å². The number of rotatable bonds is 4. The fraction of sp³-hybridized carbons (Fsp3) is 0.0714. The van der Waals surface area contributed by atoms with Gasteiger partial charge in [0.25, 0.3) is 0 Å². The highest BCUT2D eigenvalue weighted by molar-refractivity contribution is 9.10. The quantitative estimate of drug-likeness (QED) is 0.595. The van der Waals surface area contributed by atoms with Crippen LogP contribution in [0.4, 0.5) is 15.8 Å². The molecule has 0 spiro atoms. The van der Waals surface area contributed by atoms with Crippen molar-refractivity contribution >= 4 is 56.6 Å². The minimum Gasteiger partial charge on any atom is -0.396 e. The summed E-state index contributed by atoms with van der Waals surface area (Å²) in [5, 5.41) is 3.15. The van der Waals surface area contributed by atoms with E-state index in [0.717, 1.165) is 4.47 Å². The zero-order chi connectivity index (χ0) is 15.4. The van der Waals surface area contributed by atoms with E-state index in [0.29, 0.717) is 15.6 Å². The molecule has 0 saturated heterocycles. The lowest BCUT2D eigenvalue weighted by Gasteiger charge is -2.08. The van der Waals surface area contributed by atoms with E-state index in [1.807, 2.05) is 0 Å². The molecule has 3 nitrogen and oxygen atoms in total. The molecule has 0 aliphatic rings. The molecule has 3 N–H and O–H groups in total. The molecule has 0 saturated carbocycles. The molecule has 0 bridgehead atoms. The first-order valence-corrected chi connectivity index (χ1v) is 8.04. The van der Waals surface area contributed by atoms with Crippen molar-refractivity contribution in [3.05, 3.63) is 51.7 Å². The molecule has 0 aliphatic carbocycles. The van der Waals surface area contributed by atoms with Gasteiger partial charge in [0, 0.05) is 9.37 Å². The Balaban J connectivity index is 1.94. The lowest BCUT2D eigenvalue weighted by molar-refractivity contribution is -0.113. The van der Waals surface area contributed by atoms with Crippen molar-refractivity contribution in [1.82, 2.24) is 0 Å². The number of thioether (sulfide) groups is 1. The molecular weight excluding hydrogens is 379 g/mol. The number of amides is 1. The van der Waals surface area contributed by atoms with Gasteiger partial charge < -0.3 is 11.1 Å². The van der Waals surface area contributed by atoms with Crippen molar-refractivity contribution < 1.29 is 9.18 Å². The normalized spacial score (nSPS) is 10.4. The minimum absolute atomic E-state index is 0.0884. The molecule has 2 aromatic rings. The monoisotopic (exact) mass is 388 g/mol. The summed E-state index contributed by atoms with van der Waals surface area (Å²) in [7, 11) is 0. The van der Waals surface area contributed by atoms with Crippen LogP contribution in [0.5, 0.6) is 0 Å². The van der Waals surface area contributed by atoms with Gasteiger partial charge in [0.1, 0.15) is 5.82 Å². The third kappa shape index (κ3) is 4.62. The number of benzene rings is 2. The van der Waals surface area contributed by atoms with E-state index in [2.05, 4.69) is 21.2 Å². The molecule has 0 atom stereocenters. The first kappa shape index (κ1) is 16.1. The van der Waals surface area contributed by atoms with Crippen molar-refractivity contribution in [2.75, 3.05) is 16.8 Å². The van der Waals surface area contributed by atoms with Crippen LogP contribution < -0.4 is 11.1 Å². The van der Waals surface area contributed by atoms with Crippen molar-refractivity contribution in [3.63, 3.8) is 0 Å². The molecule has 2 rings (SSSR count). The smallest absolute Gasteiger partial charge is 0.234 e. The molecule has 0 unspecified atom stereocenters. The number of anilines is 2. The van der Waals surface area contributed by atoms with Gasteiger partial charge in [0.2, 0.25) is 5.91 Å². The number of nitrogens with one attached hydrogen (secondary N) is 1. The molecule has 0 fully saturated rings. The Morgan fingerprint density at radius 2 is 2.10 bits per heavy atom. The average molecular weight is 390 g/mol. The van der Waals surface area contributed by atoms with Gasteiger partial charge in [-0.3, -0.25) is 4.79 Å². The second-order valence-electron chi connectivity index (χ2n) is 4.14. The Bertz CT molecular complexity index is 684. The topological polar surface area (TPSA) is 55.1 Å². The average Bonchev–Trinajstić information content (AvgIpc) is 2.43. The zero-order valence-corrected chi connectivity index (χ0v) is 13.9. The van der Waals surface area contributed by atoms with Crippen molar-refractivity contribution in [1.29, 1.82) is 0 Å². The van der Waals surface area contributed by atoms with Crippen LogP contribution in [-0.2, 0) is 4.79 Å². The number of hydrogen-bond donors (Lipinski definition) is 2. The second kappa shape index (κ2) is 7.15. The Morgan fingerprint density at radius 3 is 2.76 bits per heavy atom. The van der Waals surface area contributed by atoms with Gasteiger partial charge in [0.15, 0.2) is 0 Å². The summed E-state index contributed by atoms with van der Waals surface area (Å²) in [6, 6.07) is 9.63. The maximum Gasteiger partial charge on any atom is 0.234 e. The van der Waals surface area contributed by atoms with Crippen LogP contribution in [0.25, 0.3) is 0 Å². The van der Waals surface area contributed by atoms with Crippen LogP contribution in [-0.4, -0.2) is 11.7 Å². The van der Waals surface area contributed by atoms with Gasteiger partial charge in [-0.2, -0.15) is 0 Å². The largest absolute Gasteiger partial charge is 0.396 e. The predicted octanol–water partition coefficient (Wildman–Crippen LogP) is 4.55. The number of halogens is 3. The first-order valence-electron chi connectivity index (χ1n) is 5.88. The molecule has 0 heterocycles. The third-order valence-electron chi connectivity index (χ3n) is 2.55. The lowest BCUT2D eigenvalue weighted by atomic mass is 10.3. The van der Waals surface area contributed by atoms with Crippen molar-refractivity contribution in [2.24, 2.45) is 0 Å². The van der Waals surface area contributed by atoms with Gasteiger partial charge in [-0.25, -0.2) is 4.39 Å². The number of hydrogen-bond acceptors (Lipinski definition) is 3. The summed E-state index contributed by atoms with van der Waals surface area (Å²) in [5.74, 6) is -0.562. The molecule has 21 heavy (non-hydrogen) atoms. The summed E-state index contributed by atoms with van der Waals surface area (Å²) in [4.78, 5) is 12.5. The first-order chi connectivity index (χ1) is 9.95. The molecule has 1 amide bonds. The zero-order valence-electron chi connectivity index (χ0n) is 10.7. The maximum atomic E-state index is 13.3. The van der Waals surface area contributed by atoms with Crippen molar-refractivity contribution in [3.8, 4) is 0 Å². The fourth-order valence-corrected chi connectivity index (χ4v) is 2.97. The van der Waals surface area contributed by atoms with E-state index in [-0.39, 0.29) is 17.3 Å². The van der Waals surface area contributed by atoms with E-state index in [9.17, 15) is 9.18 Å². The SMILES string of the molecule is Nc1ccc(SCC(=O)Nc2ccc(Br)cc2Cl)cc1F. The third-order valence-corrected chi connectivity index (χ3v) is 4.35.